The summed E-state index contributed by atoms with van der Waals surface area (Å²) < 4.78 is 16.3. The van der Waals surface area contributed by atoms with Crippen LogP contribution in [0, 0.1) is 5.92 Å². The van der Waals surface area contributed by atoms with Gasteiger partial charge in [0.15, 0.2) is 6.10 Å². The summed E-state index contributed by atoms with van der Waals surface area (Å²) in [6.07, 6.45) is -0.776. The second-order valence-electron chi connectivity index (χ2n) is 7.31. The lowest BCUT2D eigenvalue weighted by Crippen LogP contribution is -2.45. The van der Waals surface area contributed by atoms with E-state index in [9.17, 15) is 9.59 Å². The second-order valence-corrected chi connectivity index (χ2v) is 7.31. The largest absolute Gasteiger partial charge is 0.497 e. The van der Waals surface area contributed by atoms with Gasteiger partial charge in [0, 0.05) is 11.1 Å². The molecule has 1 aromatic heterocycles. The maximum absolute atomic E-state index is 12.7. The van der Waals surface area contributed by atoms with Gasteiger partial charge in [0.05, 0.1) is 7.11 Å². The molecular formula is C23H25N3O5. The third-order valence-electron chi connectivity index (χ3n) is 4.66. The lowest BCUT2D eigenvalue weighted by molar-refractivity contribution is -0.153. The van der Waals surface area contributed by atoms with E-state index in [-0.39, 0.29) is 17.7 Å². The van der Waals surface area contributed by atoms with Crippen molar-refractivity contribution >= 4 is 11.9 Å². The Morgan fingerprint density at radius 1 is 0.968 bits per heavy atom. The summed E-state index contributed by atoms with van der Waals surface area (Å²) in [5.41, 5.74) is 1.18. The minimum atomic E-state index is -0.820. The van der Waals surface area contributed by atoms with Crippen LogP contribution < -0.4 is 10.1 Å². The number of benzene rings is 2. The molecule has 1 unspecified atom stereocenters. The predicted molar refractivity (Wildman–Crippen MR) is 113 cm³/mol. The molecule has 0 aliphatic carbocycles. The number of nitrogens with one attached hydrogen (secondary N) is 1. The molecule has 0 saturated heterocycles. The van der Waals surface area contributed by atoms with Crippen LogP contribution in [0.4, 0.5) is 0 Å². The van der Waals surface area contributed by atoms with Gasteiger partial charge in [0.25, 0.3) is 11.8 Å². The fourth-order valence-corrected chi connectivity index (χ4v) is 2.86. The maximum atomic E-state index is 12.7. The van der Waals surface area contributed by atoms with Gasteiger partial charge < -0.3 is 19.2 Å². The van der Waals surface area contributed by atoms with Crippen LogP contribution in [0.25, 0.3) is 11.5 Å². The van der Waals surface area contributed by atoms with E-state index in [0.29, 0.717) is 22.8 Å². The molecule has 8 heteroatoms. The van der Waals surface area contributed by atoms with Crippen molar-refractivity contribution in [2.75, 3.05) is 7.11 Å². The summed E-state index contributed by atoms with van der Waals surface area (Å²) in [4.78, 5) is 25.2. The highest BCUT2D eigenvalue weighted by Gasteiger charge is 2.29. The highest BCUT2D eigenvalue weighted by molar-refractivity contribution is 5.96. The van der Waals surface area contributed by atoms with Crippen molar-refractivity contribution in [3.63, 3.8) is 0 Å². The summed E-state index contributed by atoms with van der Waals surface area (Å²) in [6, 6.07) is 15.0. The molecule has 31 heavy (non-hydrogen) atoms. The molecular weight excluding hydrogens is 398 g/mol. The minimum absolute atomic E-state index is 0.163. The molecule has 8 nitrogen and oxygen atoms in total. The monoisotopic (exact) mass is 423 g/mol. The number of nitrogens with zero attached hydrogens (tertiary/aromatic N) is 2. The van der Waals surface area contributed by atoms with Crippen LogP contribution in [0.1, 0.15) is 43.1 Å². The van der Waals surface area contributed by atoms with Crippen molar-refractivity contribution in [3.05, 3.63) is 66.1 Å². The molecule has 3 rings (SSSR count). The Kier molecular flexibility index (Phi) is 7.02. The summed E-state index contributed by atoms with van der Waals surface area (Å²) in [5, 5.41) is 10.7. The SMILES string of the molecule is COc1ccc(-c2nnc(C(C)OC(=O)[C@@H](NC(=O)c3ccccc3)C(C)C)o2)cc1. The van der Waals surface area contributed by atoms with Crippen molar-refractivity contribution in [2.45, 2.75) is 32.9 Å². The number of hydrogen-bond acceptors (Lipinski definition) is 7. The van der Waals surface area contributed by atoms with Crippen molar-refractivity contribution in [3.8, 4) is 17.2 Å². The molecule has 0 aliphatic rings. The first-order chi connectivity index (χ1) is 14.9. The van der Waals surface area contributed by atoms with Gasteiger partial charge in [-0.3, -0.25) is 4.79 Å². The predicted octanol–water partition coefficient (Wildman–Crippen LogP) is 3.80. The molecule has 162 valence electrons. The van der Waals surface area contributed by atoms with Gasteiger partial charge in [0.2, 0.25) is 5.89 Å². The Hall–Kier alpha value is -3.68. The highest BCUT2D eigenvalue weighted by atomic mass is 16.6. The van der Waals surface area contributed by atoms with E-state index in [1.807, 2.05) is 19.9 Å². The van der Waals surface area contributed by atoms with E-state index in [4.69, 9.17) is 13.9 Å². The topological polar surface area (TPSA) is 104 Å². The Morgan fingerprint density at radius 2 is 1.65 bits per heavy atom. The van der Waals surface area contributed by atoms with Gasteiger partial charge in [-0.1, -0.05) is 32.0 Å². The van der Waals surface area contributed by atoms with Gasteiger partial charge in [-0.2, -0.15) is 0 Å². The summed E-state index contributed by atoms with van der Waals surface area (Å²) in [5.74, 6) is 0.0850. The molecule has 0 aliphatic heterocycles. The van der Waals surface area contributed by atoms with Crippen molar-refractivity contribution in [1.29, 1.82) is 0 Å². The molecule has 0 fully saturated rings. The Labute approximate surface area is 180 Å². The van der Waals surface area contributed by atoms with E-state index in [1.165, 1.54) is 0 Å². The van der Waals surface area contributed by atoms with Gasteiger partial charge >= 0.3 is 5.97 Å². The third-order valence-corrected chi connectivity index (χ3v) is 4.66. The van der Waals surface area contributed by atoms with Crippen LogP contribution in [-0.2, 0) is 9.53 Å². The van der Waals surface area contributed by atoms with Crippen molar-refractivity contribution in [2.24, 2.45) is 5.92 Å². The normalized spacial score (nSPS) is 12.8. The Morgan fingerprint density at radius 3 is 2.26 bits per heavy atom. The number of carbonyl (C=O) groups is 2. The molecule has 0 saturated carbocycles. The van der Waals surface area contributed by atoms with E-state index >= 15 is 0 Å². The number of amides is 1. The van der Waals surface area contributed by atoms with Crippen LogP contribution in [0.3, 0.4) is 0 Å². The number of ether oxygens (including phenoxy) is 2. The van der Waals surface area contributed by atoms with Crippen LogP contribution in [0.5, 0.6) is 5.75 Å². The first-order valence-corrected chi connectivity index (χ1v) is 9.93. The zero-order valence-corrected chi connectivity index (χ0v) is 17.9. The van der Waals surface area contributed by atoms with Crippen LogP contribution in [0.15, 0.2) is 59.0 Å². The number of carbonyl (C=O) groups excluding carboxylic acids is 2. The lowest BCUT2D eigenvalue weighted by Gasteiger charge is -2.22. The highest BCUT2D eigenvalue weighted by Crippen LogP contribution is 2.24. The number of hydrogen-bond donors (Lipinski definition) is 1. The summed E-state index contributed by atoms with van der Waals surface area (Å²) >= 11 is 0. The second kappa shape index (κ2) is 9.88. The number of methoxy groups -OCH3 is 1. The van der Waals surface area contributed by atoms with E-state index in [0.717, 1.165) is 0 Å². The van der Waals surface area contributed by atoms with Crippen LogP contribution in [0.2, 0.25) is 0 Å². The molecule has 0 spiro atoms. The molecule has 3 aromatic rings. The van der Waals surface area contributed by atoms with Gasteiger partial charge in [-0.05, 0) is 49.2 Å². The zero-order chi connectivity index (χ0) is 22.4. The van der Waals surface area contributed by atoms with Gasteiger partial charge in [0.1, 0.15) is 11.8 Å². The molecule has 2 aromatic carbocycles. The standard InChI is InChI=1S/C23H25N3O5/c1-14(2)19(24-20(27)16-8-6-5-7-9-16)23(28)30-15(3)21-25-26-22(31-21)17-10-12-18(29-4)13-11-17/h5-15,19H,1-4H3,(H,24,27)/t15?,19-/m0/s1. The van der Waals surface area contributed by atoms with Gasteiger partial charge in [-0.25, -0.2) is 4.79 Å². The third kappa shape index (κ3) is 5.48. The number of rotatable bonds is 8. The smallest absolute Gasteiger partial charge is 0.329 e. The summed E-state index contributed by atoms with van der Waals surface area (Å²) in [6.45, 7) is 5.30. The van der Waals surface area contributed by atoms with Gasteiger partial charge in [-0.15, -0.1) is 10.2 Å². The molecule has 0 bridgehead atoms. The number of aromatic nitrogens is 2. The average Bonchev–Trinajstić information content (AvgIpc) is 3.28. The molecule has 1 amide bonds. The molecule has 1 N–H and O–H groups in total. The summed E-state index contributed by atoms with van der Waals surface area (Å²) in [7, 11) is 1.59. The zero-order valence-electron chi connectivity index (χ0n) is 17.9. The van der Waals surface area contributed by atoms with Crippen LogP contribution >= 0.6 is 0 Å². The Bertz CT molecular complexity index is 1020. The van der Waals surface area contributed by atoms with Crippen molar-refractivity contribution in [1.82, 2.24) is 15.5 Å². The fraction of sp³-hybridized carbons (Fsp3) is 0.304. The Balaban J connectivity index is 1.66. The maximum Gasteiger partial charge on any atom is 0.329 e. The van der Waals surface area contributed by atoms with E-state index < -0.39 is 18.1 Å². The van der Waals surface area contributed by atoms with Crippen molar-refractivity contribution < 1.29 is 23.5 Å². The van der Waals surface area contributed by atoms with Crippen LogP contribution in [-0.4, -0.2) is 35.2 Å². The molecule has 2 atom stereocenters. The molecule has 1 heterocycles. The van der Waals surface area contributed by atoms with E-state index in [1.54, 1.807) is 62.6 Å². The average molecular weight is 423 g/mol. The lowest BCUT2D eigenvalue weighted by atomic mass is 10.0. The number of esters is 1. The first kappa shape index (κ1) is 22.0. The van der Waals surface area contributed by atoms with E-state index in [2.05, 4.69) is 15.5 Å². The fourth-order valence-electron chi connectivity index (χ4n) is 2.86. The quantitative estimate of drug-likeness (QED) is 0.550. The molecule has 0 radical (unpaired) electrons. The first-order valence-electron chi connectivity index (χ1n) is 9.93. The minimum Gasteiger partial charge on any atom is -0.497 e.